The van der Waals surface area contributed by atoms with Gasteiger partial charge in [0.15, 0.2) is 0 Å². The molecule has 0 atom stereocenters. The van der Waals surface area contributed by atoms with E-state index in [4.69, 9.17) is 28.9 Å². The zero-order chi connectivity index (χ0) is 14.9. The summed E-state index contributed by atoms with van der Waals surface area (Å²) < 4.78 is 1.69. The van der Waals surface area contributed by atoms with Crippen LogP contribution in [0.1, 0.15) is 15.9 Å². The molecule has 106 valence electrons. The van der Waals surface area contributed by atoms with Crippen molar-refractivity contribution in [3.05, 3.63) is 45.7 Å². The Hall–Kier alpha value is -1.72. The second-order valence-corrected chi connectivity index (χ2v) is 5.33. The molecule has 1 amide bonds. The maximum Gasteiger partial charge on any atom is 0.254 e. The number of hydrogen-bond acceptors (Lipinski definition) is 3. The molecule has 0 aliphatic rings. The van der Waals surface area contributed by atoms with Gasteiger partial charge in [0.2, 0.25) is 0 Å². The lowest BCUT2D eigenvalue weighted by Crippen LogP contribution is -2.26. The van der Waals surface area contributed by atoms with Crippen LogP contribution in [0.4, 0.5) is 5.69 Å². The van der Waals surface area contributed by atoms with Gasteiger partial charge in [-0.1, -0.05) is 23.2 Å². The molecule has 0 saturated heterocycles. The van der Waals surface area contributed by atoms with Crippen LogP contribution >= 0.6 is 23.2 Å². The van der Waals surface area contributed by atoms with E-state index in [1.54, 1.807) is 22.8 Å². The van der Waals surface area contributed by atoms with E-state index in [2.05, 4.69) is 5.10 Å². The summed E-state index contributed by atoms with van der Waals surface area (Å²) in [6.45, 7) is 0.451. The number of aryl methyl sites for hydroxylation is 1. The fraction of sp³-hybridized carbons (Fsp3) is 0.231. The van der Waals surface area contributed by atoms with Crippen molar-refractivity contribution in [1.82, 2.24) is 14.7 Å². The van der Waals surface area contributed by atoms with Crippen molar-refractivity contribution < 1.29 is 4.79 Å². The summed E-state index contributed by atoms with van der Waals surface area (Å²) in [6, 6.07) is 3.04. The molecular formula is C13H14Cl2N4O. The molecule has 0 spiro atoms. The van der Waals surface area contributed by atoms with Crippen LogP contribution in [0.25, 0.3) is 0 Å². The molecular weight excluding hydrogens is 299 g/mol. The quantitative estimate of drug-likeness (QED) is 0.886. The maximum absolute atomic E-state index is 12.3. The number of rotatable bonds is 3. The summed E-state index contributed by atoms with van der Waals surface area (Å²) in [5.74, 6) is -0.181. The van der Waals surface area contributed by atoms with Crippen LogP contribution in [0.5, 0.6) is 0 Å². The molecule has 0 fully saturated rings. The van der Waals surface area contributed by atoms with Gasteiger partial charge in [0, 0.05) is 38.0 Å². The van der Waals surface area contributed by atoms with Crippen molar-refractivity contribution in [2.24, 2.45) is 7.05 Å². The van der Waals surface area contributed by atoms with Crippen molar-refractivity contribution in [2.75, 3.05) is 12.8 Å². The standard InChI is InChI=1S/C13H14Cl2N4O/c1-18(6-8-5-17-19(2)7-8)13(20)9-3-10(14)12(15)11(16)4-9/h3-5,7H,6,16H2,1-2H3. The number of aromatic nitrogens is 2. The Bertz CT molecular complexity index is 631. The number of nitrogen functional groups attached to an aromatic ring is 1. The summed E-state index contributed by atoms with van der Waals surface area (Å²) in [5, 5.41) is 4.59. The Morgan fingerprint density at radius 3 is 2.70 bits per heavy atom. The van der Waals surface area contributed by atoms with Gasteiger partial charge in [-0.25, -0.2) is 0 Å². The smallest absolute Gasteiger partial charge is 0.254 e. The van der Waals surface area contributed by atoms with Crippen molar-refractivity contribution in [1.29, 1.82) is 0 Å². The molecule has 1 aromatic heterocycles. The average molecular weight is 313 g/mol. The molecule has 2 aromatic rings. The first-order valence-corrected chi connectivity index (χ1v) is 6.61. The normalized spacial score (nSPS) is 10.6. The number of carbonyl (C=O) groups is 1. The molecule has 0 aliphatic heterocycles. The Morgan fingerprint density at radius 2 is 2.15 bits per heavy atom. The highest BCUT2D eigenvalue weighted by Gasteiger charge is 2.15. The van der Waals surface area contributed by atoms with E-state index in [1.165, 1.54) is 12.1 Å². The number of amides is 1. The van der Waals surface area contributed by atoms with E-state index < -0.39 is 0 Å². The predicted octanol–water partition coefficient (Wildman–Crippen LogP) is 2.58. The number of halogens is 2. The fourth-order valence-electron chi connectivity index (χ4n) is 1.85. The topological polar surface area (TPSA) is 64.2 Å². The van der Waals surface area contributed by atoms with Crippen LogP contribution in [-0.4, -0.2) is 27.6 Å². The van der Waals surface area contributed by atoms with Gasteiger partial charge >= 0.3 is 0 Å². The Labute approximate surface area is 126 Å². The largest absolute Gasteiger partial charge is 0.397 e. The van der Waals surface area contributed by atoms with Crippen LogP contribution in [0, 0.1) is 0 Å². The third-order valence-corrected chi connectivity index (χ3v) is 3.64. The molecule has 1 heterocycles. The van der Waals surface area contributed by atoms with E-state index in [0.717, 1.165) is 5.56 Å². The van der Waals surface area contributed by atoms with Gasteiger partial charge in [0.05, 0.1) is 21.9 Å². The number of hydrogen-bond donors (Lipinski definition) is 1. The number of nitrogens with two attached hydrogens (primary N) is 1. The van der Waals surface area contributed by atoms with Gasteiger partial charge in [-0.05, 0) is 12.1 Å². The lowest BCUT2D eigenvalue weighted by Gasteiger charge is -2.17. The summed E-state index contributed by atoms with van der Waals surface area (Å²) in [5.41, 5.74) is 7.35. The monoisotopic (exact) mass is 312 g/mol. The molecule has 0 radical (unpaired) electrons. The van der Waals surface area contributed by atoms with Gasteiger partial charge in [-0.3, -0.25) is 9.48 Å². The van der Waals surface area contributed by atoms with E-state index >= 15 is 0 Å². The first-order chi connectivity index (χ1) is 9.38. The Balaban J connectivity index is 2.18. The second-order valence-electron chi connectivity index (χ2n) is 4.54. The first kappa shape index (κ1) is 14.7. The number of carbonyl (C=O) groups excluding carboxylic acids is 1. The summed E-state index contributed by atoms with van der Waals surface area (Å²) in [4.78, 5) is 13.9. The van der Waals surface area contributed by atoms with Crippen LogP contribution in [0.3, 0.4) is 0 Å². The minimum atomic E-state index is -0.181. The molecule has 0 saturated carbocycles. The van der Waals surface area contributed by atoms with Gasteiger partial charge in [0.1, 0.15) is 0 Å². The first-order valence-electron chi connectivity index (χ1n) is 5.86. The predicted molar refractivity (Wildman–Crippen MR) is 79.9 cm³/mol. The third-order valence-electron chi connectivity index (χ3n) is 2.83. The minimum absolute atomic E-state index is 0.181. The number of nitrogens with zero attached hydrogens (tertiary/aromatic N) is 3. The highest BCUT2D eigenvalue weighted by Crippen LogP contribution is 2.29. The van der Waals surface area contributed by atoms with Crippen LogP contribution in [0.2, 0.25) is 10.0 Å². The molecule has 5 nitrogen and oxygen atoms in total. The average Bonchev–Trinajstić information content (AvgIpc) is 2.79. The number of benzene rings is 1. The van der Waals surface area contributed by atoms with Gasteiger partial charge < -0.3 is 10.6 Å². The van der Waals surface area contributed by atoms with E-state index in [-0.39, 0.29) is 21.6 Å². The summed E-state index contributed by atoms with van der Waals surface area (Å²) in [7, 11) is 3.53. The zero-order valence-electron chi connectivity index (χ0n) is 11.1. The molecule has 1 aromatic carbocycles. The highest BCUT2D eigenvalue weighted by atomic mass is 35.5. The number of anilines is 1. The summed E-state index contributed by atoms with van der Waals surface area (Å²) >= 11 is 11.8. The van der Waals surface area contributed by atoms with E-state index in [0.29, 0.717) is 12.1 Å². The molecule has 7 heteroatoms. The Kier molecular flexibility index (Phi) is 4.20. The highest BCUT2D eigenvalue weighted by molar-refractivity contribution is 6.43. The van der Waals surface area contributed by atoms with E-state index in [1.807, 2.05) is 13.2 Å². The third kappa shape index (κ3) is 3.05. The fourth-order valence-corrected chi connectivity index (χ4v) is 2.19. The zero-order valence-corrected chi connectivity index (χ0v) is 12.6. The lowest BCUT2D eigenvalue weighted by atomic mass is 10.1. The molecule has 0 unspecified atom stereocenters. The van der Waals surface area contributed by atoms with Crippen molar-refractivity contribution in [3.8, 4) is 0 Å². The van der Waals surface area contributed by atoms with Crippen molar-refractivity contribution >= 4 is 34.8 Å². The molecule has 0 aliphatic carbocycles. The van der Waals surface area contributed by atoms with Crippen LogP contribution < -0.4 is 5.73 Å². The Morgan fingerprint density at radius 1 is 1.45 bits per heavy atom. The lowest BCUT2D eigenvalue weighted by molar-refractivity contribution is 0.0785. The molecule has 2 rings (SSSR count). The van der Waals surface area contributed by atoms with Crippen molar-refractivity contribution in [2.45, 2.75) is 6.54 Å². The van der Waals surface area contributed by atoms with Gasteiger partial charge in [-0.15, -0.1) is 0 Å². The SMILES string of the molecule is CN(Cc1cnn(C)c1)C(=O)c1cc(N)c(Cl)c(Cl)c1. The molecule has 0 bridgehead atoms. The minimum Gasteiger partial charge on any atom is -0.397 e. The van der Waals surface area contributed by atoms with Crippen LogP contribution in [-0.2, 0) is 13.6 Å². The van der Waals surface area contributed by atoms with Crippen LogP contribution in [0.15, 0.2) is 24.5 Å². The van der Waals surface area contributed by atoms with Gasteiger partial charge in [0.25, 0.3) is 5.91 Å². The second kappa shape index (κ2) is 5.73. The van der Waals surface area contributed by atoms with Gasteiger partial charge in [-0.2, -0.15) is 5.10 Å². The summed E-state index contributed by atoms with van der Waals surface area (Å²) in [6.07, 6.45) is 3.57. The molecule has 2 N–H and O–H groups in total. The maximum atomic E-state index is 12.3. The van der Waals surface area contributed by atoms with E-state index in [9.17, 15) is 4.79 Å². The molecule has 20 heavy (non-hydrogen) atoms. The van der Waals surface area contributed by atoms with Crippen molar-refractivity contribution in [3.63, 3.8) is 0 Å².